The molecule has 0 radical (unpaired) electrons. The van der Waals surface area contributed by atoms with Gasteiger partial charge in [0.15, 0.2) is 0 Å². The minimum atomic E-state index is -0.371. The molecule has 0 amide bonds. The van der Waals surface area contributed by atoms with Crippen LogP contribution in [0.1, 0.15) is 55.5 Å². The van der Waals surface area contributed by atoms with Gasteiger partial charge in [-0.2, -0.15) is 5.10 Å². The summed E-state index contributed by atoms with van der Waals surface area (Å²) in [6.07, 6.45) is 8.97. The van der Waals surface area contributed by atoms with Gasteiger partial charge in [0, 0.05) is 24.8 Å². The van der Waals surface area contributed by atoms with Gasteiger partial charge in [-0.3, -0.25) is 4.68 Å². The maximum absolute atomic E-state index is 10.1. The quantitative estimate of drug-likeness (QED) is 0.823. The summed E-state index contributed by atoms with van der Waals surface area (Å²) < 4.78 is 2.24. The molecule has 4 fully saturated rings. The number of aromatic nitrogens is 2. The van der Waals surface area contributed by atoms with E-state index < -0.39 is 0 Å². The lowest BCUT2D eigenvalue weighted by Gasteiger charge is -2.54. The first-order valence-corrected chi connectivity index (χ1v) is 8.24. The first-order valence-electron chi connectivity index (χ1n) is 8.24. The summed E-state index contributed by atoms with van der Waals surface area (Å²) in [6, 6.07) is 0.612. The second-order valence-electron chi connectivity index (χ2n) is 7.58. The second-order valence-corrected chi connectivity index (χ2v) is 7.58. The van der Waals surface area contributed by atoms with Crippen molar-refractivity contribution in [2.24, 2.45) is 23.7 Å². The molecule has 6 rings (SSSR count). The number of nitrogens with one attached hydrogen (secondary N) is 1. The van der Waals surface area contributed by atoms with Gasteiger partial charge in [-0.1, -0.05) is 0 Å². The van der Waals surface area contributed by atoms with Crippen molar-refractivity contribution < 1.29 is 5.11 Å². The zero-order valence-electron chi connectivity index (χ0n) is 11.8. The summed E-state index contributed by atoms with van der Waals surface area (Å²) in [4.78, 5) is 0. The third kappa shape index (κ3) is 1.58. The van der Waals surface area contributed by atoms with Gasteiger partial charge in [0.25, 0.3) is 0 Å². The highest BCUT2D eigenvalue weighted by molar-refractivity contribution is 5.23. The average molecular weight is 273 g/mol. The van der Waals surface area contributed by atoms with E-state index in [1.807, 2.05) is 0 Å². The van der Waals surface area contributed by atoms with Crippen molar-refractivity contribution in [3.63, 3.8) is 0 Å². The molecular formula is C16H23N3O. The number of fused-ring (bicyclic) bond motifs is 1. The minimum Gasteiger partial charge on any atom is -0.387 e. The maximum atomic E-state index is 10.1. The van der Waals surface area contributed by atoms with E-state index >= 15 is 0 Å². The molecule has 1 aliphatic heterocycles. The molecule has 4 heteroatoms. The topological polar surface area (TPSA) is 50.1 Å². The average Bonchev–Trinajstić information content (AvgIpc) is 2.82. The SMILES string of the molecule is OC1CNCc2nn(C3C4CC5CC(C4)CC3C5)cc21. The highest BCUT2D eigenvalue weighted by Gasteiger charge is 2.49. The van der Waals surface area contributed by atoms with E-state index in [2.05, 4.69) is 16.2 Å². The normalized spacial score (nSPS) is 45.6. The number of aliphatic hydroxyl groups is 1. The van der Waals surface area contributed by atoms with Gasteiger partial charge >= 0.3 is 0 Å². The van der Waals surface area contributed by atoms with Crippen LogP contribution in [-0.4, -0.2) is 21.4 Å². The molecule has 1 unspecified atom stereocenters. The molecule has 4 aliphatic carbocycles. The van der Waals surface area contributed by atoms with Gasteiger partial charge in [-0.25, -0.2) is 0 Å². The molecule has 1 aromatic rings. The van der Waals surface area contributed by atoms with Crippen LogP contribution in [0.2, 0.25) is 0 Å². The molecule has 2 heterocycles. The third-order valence-electron chi connectivity index (χ3n) is 6.31. The molecule has 20 heavy (non-hydrogen) atoms. The molecule has 0 spiro atoms. The fourth-order valence-electron chi connectivity index (χ4n) is 5.78. The predicted molar refractivity (Wildman–Crippen MR) is 75.0 cm³/mol. The molecule has 1 atom stereocenters. The van der Waals surface area contributed by atoms with Crippen LogP contribution in [0.25, 0.3) is 0 Å². The Morgan fingerprint density at radius 1 is 1.10 bits per heavy atom. The monoisotopic (exact) mass is 273 g/mol. The van der Waals surface area contributed by atoms with Gasteiger partial charge in [0.1, 0.15) is 0 Å². The van der Waals surface area contributed by atoms with Crippen LogP contribution < -0.4 is 5.32 Å². The number of rotatable bonds is 1. The number of hydrogen-bond acceptors (Lipinski definition) is 3. The van der Waals surface area contributed by atoms with Crippen molar-refractivity contribution in [1.29, 1.82) is 0 Å². The first-order chi connectivity index (χ1) is 9.78. The zero-order chi connectivity index (χ0) is 13.3. The lowest BCUT2D eigenvalue weighted by Crippen LogP contribution is -2.46. The van der Waals surface area contributed by atoms with Crippen LogP contribution in [0.5, 0.6) is 0 Å². The Morgan fingerprint density at radius 2 is 1.80 bits per heavy atom. The fraction of sp³-hybridized carbons (Fsp3) is 0.812. The Kier molecular flexibility index (Phi) is 2.40. The van der Waals surface area contributed by atoms with Crippen LogP contribution in [0.4, 0.5) is 0 Å². The molecule has 0 saturated heterocycles. The minimum absolute atomic E-state index is 0.371. The number of hydrogen-bond donors (Lipinski definition) is 2. The molecule has 4 bridgehead atoms. The molecule has 5 aliphatic rings. The Hall–Kier alpha value is -0.870. The lowest BCUT2D eigenvalue weighted by molar-refractivity contribution is -0.0338. The largest absolute Gasteiger partial charge is 0.387 e. The predicted octanol–water partition coefficient (Wildman–Crippen LogP) is 2.02. The summed E-state index contributed by atoms with van der Waals surface area (Å²) in [5.74, 6) is 3.70. The van der Waals surface area contributed by atoms with Crippen molar-refractivity contribution in [2.45, 2.75) is 50.8 Å². The van der Waals surface area contributed by atoms with Gasteiger partial charge < -0.3 is 10.4 Å². The maximum Gasteiger partial charge on any atom is 0.0948 e. The van der Waals surface area contributed by atoms with E-state index in [9.17, 15) is 5.11 Å². The van der Waals surface area contributed by atoms with Crippen LogP contribution in [0.3, 0.4) is 0 Å². The summed E-state index contributed by atoms with van der Waals surface area (Å²) >= 11 is 0. The molecule has 4 saturated carbocycles. The van der Waals surface area contributed by atoms with Crippen molar-refractivity contribution in [3.8, 4) is 0 Å². The second kappa shape index (κ2) is 4.08. The van der Waals surface area contributed by atoms with E-state index in [0.29, 0.717) is 12.6 Å². The number of nitrogens with zero attached hydrogens (tertiary/aromatic N) is 2. The Morgan fingerprint density at radius 3 is 2.45 bits per heavy atom. The van der Waals surface area contributed by atoms with Crippen molar-refractivity contribution >= 4 is 0 Å². The molecule has 2 N–H and O–H groups in total. The highest BCUT2D eigenvalue weighted by Crippen LogP contribution is 2.58. The van der Waals surface area contributed by atoms with Crippen molar-refractivity contribution in [3.05, 3.63) is 17.5 Å². The van der Waals surface area contributed by atoms with Crippen LogP contribution in [0.15, 0.2) is 6.20 Å². The summed E-state index contributed by atoms with van der Waals surface area (Å²) in [5, 5.41) is 18.2. The Labute approximate surface area is 119 Å². The lowest BCUT2D eigenvalue weighted by atomic mass is 9.54. The van der Waals surface area contributed by atoms with Gasteiger partial charge in [-0.15, -0.1) is 0 Å². The first kappa shape index (κ1) is 11.8. The summed E-state index contributed by atoms with van der Waals surface area (Å²) in [5.41, 5.74) is 2.13. The molecule has 108 valence electrons. The van der Waals surface area contributed by atoms with E-state index in [1.165, 1.54) is 32.1 Å². The fourth-order valence-corrected chi connectivity index (χ4v) is 5.78. The zero-order valence-corrected chi connectivity index (χ0v) is 11.8. The Balaban J connectivity index is 1.51. The smallest absolute Gasteiger partial charge is 0.0948 e. The molecule has 0 aromatic carbocycles. The van der Waals surface area contributed by atoms with Crippen LogP contribution in [0, 0.1) is 23.7 Å². The number of β-amino-alcohol motifs (C(OH)–C–C–N with tert-alkyl or cyclic N) is 1. The van der Waals surface area contributed by atoms with Gasteiger partial charge in [-0.05, 0) is 55.8 Å². The van der Waals surface area contributed by atoms with E-state index in [1.54, 1.807) is 0 Å². The number of aliphatic hydroxyl groups excluding tert-OH is 1. The van der Waals surface area contributed by atoms with Crippen molar-refractivity contribution in [2.75, 3.05) is 6.54 Å². The van der Waals surface area contributed by atoms with Crippen LogP contribution >= 0.6 is 0 Å². The standard InChI is InChI=1S/C16H23N3O/c20-15-7-17-6-14-13(15)8-19(18-14)16-11-2-9-1-10(4-11)5-12(16)3-9/h8-12,15-17,20H,1-7H2. The molecule has 4 nitrogen and oxygen atoms in total. The summed E-state index contributed by atoms with van der Waals surface area (Å²) in [6.45, 7) is 1.48. The van der Waals surface area contributed by atoms with Crippen LogP contribution in [-0.2, 0) is 6.54 Å². The Bertz CT molecular complexity index is 510. The van der Waals surface area contributed by atoms with E-state index in [0.717, 1.165) is 41.5 Å². The van der Waals surface area contributed by atoms with Gasteiger partial charge in [0.2, 0.25) is 0 Å². The van der Waals surface area contributed by atoms with E-state index in [4.69, 9.17) is 5.10 Å². The highest BCUT2D eigenvalue weighted by atomic mass is 16.3. The van der Waals surface area contributed by atoms with Gasteiger partial charge in [0.05, 0.1) is 17.8 Å². The van der Waals surface area contributed by atoms with Crippen molar-refractivity contribution in [1.82, 2.24) is 15.1 Å². The van der Waals surface area contributed by atoms with E-state index in [-0.39, 0.29) is 6.10 Å². The molecular weight excluding hydrogens is 250 g/mol. The molecule has 1 aromatic heterocycles. The summed E-state index contributed by atoms with van der Waals surface area (Å²) in [7, 11) is 0. The third-order valence-corrected chi connectivity index (χ3v) is 6.31.